The van der Waals surface area contributed by atoms with E-state index in [4.69, 9.17) is 9.72 Å². The van der Waals surface area contributed by atoms with E-state index in [2.05, 4.69) is 24.8 Å². The van der Waals surface area contributed by atoms with Crippen LogP contribution in [0.2, 0.25) is 0 Å². The Labute approximate surface area is 160 Å². The summed E-state index contributed by atoms with van der Waals surface area (Å²) in [7, 11) is 1.65. The lowest BCUT2D eigenvalue weighted by Gasteiger charge is -2.23. The molecule has 3 rings (SSSR count). The van der Waals surface area contributed by atoms with Crippen molar-refractivity contribution in [3.8, 4) is 34.2 Å². The number of hydrogen-bond acceptors (Lipinski definition) is 4. The van der Waals surface area contributed by atoms with Gasteiger partial charge < -0.3 is 9.64 Å². The average Bonchev–Trinajstić information content (AvgIpc) is 2.74. The van der Waals surface area contributed by atoms with Crippen LogP contribution in [0, 0.1) is 11.3 Å². The molecular weight excluding hydrogens is 334 g/mol. The van der Waals surface area contributed by atoms with Gasteiger partial charge in [-0.1, -0.05) is 42.5 Å². The molecule has 0 atom stereocenters. The fourth-order valence-electron chi connectivity index (χ4n) is 3.15. The Morgan fingerprint density at radius 3 is 2.19 bits per heavy atom. The van der Waals surface area contributed by atoms with E-state index in [1.54, 1.807) is 7.11 Å². The summed E-state index contributed by atoms with van der Waals surface area (Å²) in [5.41, 5.74) is 4.35. The van der Waals surface area contributed by atoms with Gasteiger partial charge in [0.25, 0.3) is 0 Å². The minimum Gasteiger partial charge on any atom is -0.497 e. The van der Waals surface area contributed by atoms with E-state index in [9.17, 15) is 5.26 Å². The third-order valence-electron chi connectivity index (χ3n) is 4.65. The van der Waals surface area contributed by atoms with Crippen molar-refractivity contribution in [2.24, 2.45) is 0 Å². The highest BCUT2D eigenvalue weighted by atomic mass is 16.5. The first-order valence-electron chi connectivity index (χ1n) is 9.11. The van der Waals surface area contributed by atoms with Crippen LogP contribution in [0.25, 0.3) is 22.4 Å². The van der Waals surface area contributed by atoms with Gasteiger partial charge in [-0.2, -0.15) is 5.26 Å². The highest BCUT2D eigenvalue weighted by Gasteiger charge is 2.18. The van der Waals surface area contributed by atoms with E-state index in [1.807, 2.05) is 60.7 Å². The number of benzene rings is 2. The maximum atomic E-state index is 9.92. The van der Waals surface area contributed by atoms with Gasteiger partial charge in [-0.25, -0.2) is 4.98 Å². The molecule has 0 radical (unpaired) electrons. The van der Waals surface area contributed by atoms with Crippen molar-refractivity contribution in [1.82, 2.24) is 4.98 Å². The predicted molar refractivity (Wildman–Crippen MR) is 110 cm³/mol. The van der Waals surface area contributed by atoms with Crippen LogP contribution in [0.3, 0.4) is 0 Å². The van der Waals surface area contributed by atoms with Crippen LogP contribution in [0.1, 0.15) is 19.4 Å². The van der Waals surface area contributed by atoms with Crippen LogP contribution in [0.5, 0.6) is 5.75 Å². The van der Waals surface area contributed by atoms with E-state index in [0.29, 0.717) is 5.56 Å². The molecule has 0 spiro atoms. The SMILES string of the molecule is CCN(CC)c1nc(-c2ccccc2)cc(-c2ccc(OC)cc2)c1C#N. The molecule has 0 N–H and O–H groups in total. The van der Waals surface area contributed by atoms with Crippen LogP contribution in [0.15, 0.2) is 60.7 Å². The number of ether oxygens (including phenoxy) is 1. The summed E-state index contributed by atoms with van der Waals surface area (Å²) in [6.45, 7) is 5.74. The lowest BCUT2D eigenvalue weighted by molar-refractivity contribution is 0.415. The minimum atomic E-state index is 0.601. The molecule has 0 bridgehead atoms. The molecule has 0 unspecified atom stereocenters. The summed E-state index contributed by atoms with van der Waals surface area (Å²) < 4.78 is 5.27. The predicted octanol–water partition coefficient (Wildman–Crippen LogP) is 5.14. The number of nitrogens with zero attached hydrogens (tertiary/aromatic N) is 3. The maximum Gasteiger partial charge on any atom is 0.147 e. The Bertz CT molecular complexity index is 940. The lowest BCUT2D eigenvalue weighted by atomic mass is 9.98. The van der Waals surface area contributed by atoms with Gasteiger partial charge in [0.1, 0.15) is 23.2 Å². The van der Waals surface area contributed by atoms with Crippen LogP contribution in [0.4, 0.5) is 5.82 Å². The number of methoxy groups -OCH3 is 1. The molecular formula is C23H23N3O. The van der Waals surface area contributed by atoms with Gasteiger partial charge in [0.15, 0.2) is 0 Å². The van der Waals surface area contributed by atoms with Crippen molar-refractivity contribution in [3.05, 3.63) is 66.2 Å². The summed E-state index contributed by atoms with van der Waals surface area (Å²) in [5, 5.41) is 9.92. The normalized spacial score (nSPS) is 10.3. The Kier molecular flexibility index (Phi) is 5.73. The van der Waals surface area contributed by atoms with Crippen molar-refractivity contribution < 1.29 is 4.74 Å². The zero-order valence-corrected chi connectivity index (χ0v) is 15.9. The standard InChI is InChI=1S/C23H23N3O/c1-4-26(5-2)23-21(16-24)20(17-11-13-19(27-3)14-12-17)15-22(25-23)18-9-7-6-8-10-18/h6-15H,4-5H2,1-3H3. The number of aromatic nitrogens is 1. The van der Waals surface area contributed by atoms with E-state index >= 15 is 0 Å². The van der Waals surface area contributed by atoms with Crippen LogP contribution < -0.4 is 9.64 Å². The average molecular weight is 357 g/mol. The van der Waals surface area contributed by atoms with Gasteiger partial charge in [0.05, 0.1) is 12.8 Å². The fourth-order valence-corrected chi connectivity index (χ4v) is 3.15. The Morgan fingerprint density at radius 1 is 0.963 bits per heavy atom. The summed E-state index contributed by atoms with van der Waals surface area (Å²) in [5.74, 6) is 1.52. The first-order valence-corrected chi connectivity index (χ1v) is 9.11. The number of hydrogen-bond donors (Lipinski definition) is 0. The van der Waals surface area contributed by atoms with Gasteiger partial charge in [0.2, 0.25) is 0 Å². The molecule has 1 heterocycles. The number of rotatable bonds is 6. The number of nitriles is 1. The molecule has 4 heteroatoms. The molecule has 3 aromatic rings. The van der Waals surface area contributed by atoms with Gasteiger partial charge in [-0.15, -0.1) is 0 Å². The second kappa shape index (κ2) is 8.37. The molecule has 0 aliphatic carbocycles. The smallest absolute Gasteiger partial charge is 0.147 e. The Hall–Kier alpha value is -3.32. The highest BCUT2D eigenvalue weighted by molar-refractivity contribution is 5.81. The molecule has 1 aromatic heterocycles. The van der Waals surface area contributed by atoms with E-state index in [1.165, 1.54) is 0 Å². The van der Waals surface area contributed by atoms with Crippen molar-refractivity contribution >= 4 is 5.82 Å². The second-order valence-electron chi connectivity index (χ2n) is 6.13. The van der Waals surface area contributed by atoms with Crippen molar-refractivity contribution in [3.63, 3.8) is 0 Å². The summed E-state index contributed by atoms with van der Waals surface area (Å²) in [4.78, 5) is 6.98. The quantitative estimate of drug-likeness (QED) is 0.613. The summed E-state index contributed by atoms with van der Waals surface area (Å²) >= 11 is 0. The van der Waals surface area contributed by atoms with Crippen molar-refractivity contribution in [2.45, 2.75) is 13.8 Å². The van der Waals surface area contributed by atoms with Crippen molar-refractivity contribution in [1.29, 1.82) is 5.26 Å². The van der Waals surface area contributed by atoms with E-state index in [0.717, 1.165) is 47.0 Å². The molecule has 27 heavy (non-hydrogen) atoms. The van der Waals surface area contributed by atoms with Gasteiger partial charge in [-0.3, -0.25) is 0 Å². The fraction of sp³-hybridized carbons (Fsp3) is 0.217. The molecule has 4 nitrogen and oxygen atoms in total. The highest BCUT2D eigenvalue weighted by Crippen LogP contribution is 2.34. The first kappa shape index (κ1) is 18.5. The van der Waals surface area contributed by atoms with Crippen LogP contribution in [-0.4, -0.2) is 25.2 Å². The van der Waals surface area contributed by atoms with Gasteiger partial charge in [0, 0.05) is 24.2 Å². The number of pyridine rings is 1. The van der Waals surface area contributed by atoms with E-state index in [-0.39, 0.29) is 0 Å². The second-order valence-corrected chi connectivity index (χ2v) is 6.13. The third-order valence-corrected chi connectivity index (χ3v) is 4.65. The molecule has 0 saturated carbocycles. The van der Waals surface area contributed by atoms with Gasteiger partial charge >= 0.3 is 0 Å². The van der Waals surface area contributed by atoms with Crippen molar-refractivity contribution in [2.75, 3.05) is 25.1 Å². The molecule has 0 aliphatic rings. The van der Waals surface area contributed by atoms with Crippen LogP contribution in [-0.2, 0) is 0 Å². The summed E-state index contributed by atoms with van der Waals surface area (Å²) in [6.07, 6.45) is 0. The maximum absolute atomic E-state index is 9.92. The third kappa shape index (κ3) is 3.78. The first-order chi connectivity index (χ1) is 13.2. The summed E-state index contributed by atoms with van der Waals surface area (Å²) in [6, 6.07) is 22.2. The monoisotopic (exact) mass is 357 g/mol. The van der Waals surface area contributed by atoms with Crippen LogP contribution >= 0.6 is 0 Å². The number of anilines is 1. The topological polar surface area (TPSA) is 49.2 Å². The molecule has 0 aliphatic heterocycles. The molecule has 2 aromatic carbocycles. The zero-order valence-electron chi connectivity index (χ0n) is 15.9. The molecule has 0 saturated heterocycles. The lowest BCUT2D eigenvalue weighted by Crippen LogP contribution is -2.24. The largest absolute Gasteiger partial charge is 0.497 e. The molecule has 136 valence electrons. The Balaban J connectivity index is 2.26. The Morgan fingerprint density at radius 2 is 1.63 bits per heavy atom. The zero-order chi connectivity index (χ0) is 19.2. The molecule has 0 fully saturated rings. The molecule has 0 amide bonds. The minimum absolute atomic E-state index is 0.601. The van der Waals surface area contributed by atoms with E-state index < -0.39 is 0 Å². The van der Waals surface area contributed by atoms with Gasteiger partial charge in [-0.05, 0) is 37.6 Å².